The van der Waals surface area contributed by atoms with E-state index < -0.39 is 0 Å². The summed E-state index contributed by atoms with van der Waals surface area (Å²) in [5.74, 6) is 0. The zero-order chi connectivity index (χ0) is 12.8. The van der Waals surface area contributed by atoms with Crippen molar-refractivity contribution < 1.29 is 0 Å². The Morgan fingerprint density at radius 2 is 1.78 bits per heavy atom. The van der Waals surface area contributed by atoms with Crippen LogP contribution in [-0.4, -0.2) is 61.7 Å². The Labute approximate surface area is 113 Å². The number of rotatable bonds is 3. The number of hydrogen-bond acceptors (Lipinski definition) is 3. The lowest BCUT2D eigenvalue weighted by Gasteiger charge is -2.36. The standard InChI is InChI=1S/C15H31N3/c1-3-16-14-8-5-4-6-9-15(14)18-11-7-10-17(2)12-13-18/h14-16H,3-13H2,1-2H3. The third-order valence-corrected chi connectivity index (χ3v) is 4.67. The maximum atomic E-state index is 3.75. The van der Waals surface area contributed by atoms with E-state index in [0.717, 1.165) is 18.6 Å². The third-order valence-electron chi connectivity index (χ3n) is 4.67. The van der Waals surface area contributed by atoms with Crippen molar-refractivity contribution >= 4 is 0 Å². The molecule has 2 aliphatic rings. The molecular formula is C15H31N3. The molecule has 0 aromatic rings. The molecule has 0 bridgehead atoms. The van der Waals surface area contributed by atoms with E-state index in [1.165, 1.54) is 64.7 Å². The van der Waals surface area contributed by atoms with Crippen molar-refractivity contribution in [2.45, 2.75) is 57.5 Å². The summed E-state index contributed by atoms with van der Waals surface area (Å²) in [6, 6.07) is 1.53. The maximum absolute atomic E-state index is 3.75. The second-order valence-electron chi connectivity index (χ2n) is 6.06. The Kier molecular flexibility index (Phi) is 5.93. The van der Waals surface area contributed by atoms with E-state index in [2.05, 4.69) is 29.1 Å². The van der Waals surface area contributed by atoms with Gasteiger partial charge in [-0.2, -0.15) is 0 Å². The number of likely N-dealkylation sites (N-methyl/N-ethyl adjacent to an activating group) is 2. The van der Waals surface area contributed by atoms with Gasteiger partial charge in [0.25, 0.3) is 0 Å². The van der Waals surface area contributed by atoms with Crippen molar-refractivity contribution in [1.82, 2.24) is 15.1 Å². The molecule has 106 valence electrons. The fraction of sp³-hybridized carbons (Fsp3) is 1.00. The lowest BCUT2D eigenvalue weighted by Crippen LogP contribution is -2.50. The summed E-state index contributed by atoms with van der Waals surface area (Å²) < 4.78 is 0. The molecule has 0 aromatic carbocycles. The van der Waals surface area contributed by atoms with Crippen molar-refractivity contribution in [3.63, 3.8) is 0 Å². The highest BCUT2D eigenvalue weighted by molar-refractivity contribution is 4.88. The number of hydrogen-bond donors (Lipinski definition) is 1. The summed E-state index contributed by atoms with van der Waals surface area (Å²) in [6.45, 7) is 8.46. The SMILES string of the molecule is CCNC1CCCCCC1N1CCCN(C)CC1. The van der Waals surface area contributed by atoms with E-state index >= 15 is 0 Å². The van der Waals surface area contributed by atoms with Crippen molar-refractivity contribution in [3.05, 3.63) is 0 Å². The Bertz CT molecular complexity index is 232. The second-order valence-corrected chi connectivity index (χ2v) is 6.06. The van der Waals surface area contributed by atoms with Crippen molar-refractivity contribution in [3.8, 4) is 0 Å². The molecule has 3 nitrogen and oxygen atoms in total. The second kappa shape index (κ2) is 7.46. The monoisotopic (exact) mass is 253 g/mol. The fourth-order valence-corrected chi connectivity index (χ4v) is 3.62. The van der Waals surface area contributed by atoms with E-state index in [-0.39, 0.29) is 0 Å². The predicted octanol–water partition coefficient (Wildman–Crippen LogP) is 1.93. The smallest absolute Gasteiger partial charge is 0.0249 e. The summed E-state index contributed by atoms with van der Waals surface area (Å²) in [4.78, 5) is 5.26. The van der Waals surface area contributed by atoms with E-state index in [4.69, 9.17) is 0 Å². The zero-order valence-electron chi connectivity index (χ0n) is 12.3. The molecule has 1 aliphatic carbocycles. The molecule has 0 amide bonds. The topological polar surface area (TPSA) is 18.5 Å². The van der Waals surface area contributed by atoms with Gasteiger partial charge in [-0.15, -0.1) is 0 Å². The first-order valence-corrected chi connectivity index (χ1v) is 7.97. The minimum Gasteiger partial charge on any atom is -0.313 e. The van der Waals surface area contributed by atoms with Gasteiger partial charge in [-0.3, -0.25) is 4.90 Å². The van der Waals surface area contributed by atoms with Gasteiger partial charge in [0, 0.05) is 25.2 Å². The van der Waals surface area contributed by atoms with Crippen LogP contribution in [-0.2, 0) is 0 Å². The molecule has 2 unspecified atom stereocenters. The Balaban J connectivity index is 1.97. The normalized spacial score (nSPS) is 33.0. The maximum Gasteiger partial charge on any atom is 0.0249 e. The largest absolute Gasteiger partial charge is 0.313 e. The molecule has 0 spiro atoms. The summed E-state index contributed by atoms with van der Waals surface area (Å²) in [5.41, 5.74) is 0. The summed E-state index contributed by atoms with van der Waals surface area (Å²) >= 11 is 0. The summed E-state index contributed by atoms with van der Waals surface area (Å²) in [6.07, 6.45) is 8.41. The molecule has 2 fully saturated rings. The van der Waals surface area contributed by atoms with E-state index in [9.17, 15) is 0 Å². The zero-order valence-corrected chi connectivity index (χ0v) is 12.3. The van der Waals surface area contributed by atoms with Crippen LogP contribution in [0.3, 0.4) is 0 Å². The first kappa shape index (κ1) is 14.3. The molecule has 2 atom stereocenters. The van der Waals surface area contributed by atoms with Gasteiger partial charge in [-0.05, 0) is 45.9 Å². The highest BCUT2D eigenvalue weighted by Gasteiger charge is 2.28. The van der Waals surface area contributed by atoms with Gasteiger partial charge in [0.1, 0.15) is 0 Å². The van der Waals surface area contributed by atoms with Crippen LogP contribution in [0.4, 0.5) is 0 Å². The van der Waals surface area contributed by atoms with Gasteiger partial charge in [0.15, 0.2) is 0 Å². The van der Waals surface area contributed by atoms with Gasteiger partial charge in [0.05, 0.1) is 0 Å². The molecule has 3 heteroatoms. The van der Waals surface area contributed by atoms with Gasteiger partial charge < -0.3 is 10.2 Å². The van der Waals surface area contributed by atoms with Gasteiger partial charge in [-0.1, -0.05) is 26.2 Å². The average Bonchev–Trinajstić information content (AvgIpc) is 2.70. The van der Waals surface area contributed by atoms with Crippen LogP contribution >= 0.6 is 0 Å². The molecule has 1 N–H and O–H groups in total. The Morgan fingerprint density at radius 3 is 2.61 bits per heavy atom. The van der Waals surface area contributed by atoms with Crippen molar-refractivity contribution in [2.75, 3.05) is 39.8 Å². The highest BCUT2D eigenvalue weighted by atomic mass is 15.2. The minimum atomic E-state index is 0.737. The minimum absolute atomic E-state index is 0.737. The van der Waals surface area contributed by atoms with Crippen LogP contribution < -0.4 is 5.32 Å². The van der Waals surface area contributed by atoms with Crippen molar-refractivity contribution in [2.24, 2.45) is 0 Å². The van der Waals surface area contributed by atoms with Crippen LogP contribution in [0.15, 0.2) is 0 Å². The highest BCUT2D eigenvalue weighted by Crippen LogP contribution is 2.23. The molecule has 0 radical (unpaired) electrons. The molecule has 1 saturated heterocycles. The first-order chi connectivity index (χ1) is 8.81. The van der Waals surface area contributed by atoms with E-state index in [1.54, 1.807) is 0 Å². The number of nitrogens with zero attached hydrogens (tertiary/aromatic N) is 2. The summed E-state index contributed by atoms with van der Waals surface area (Å²) in [7, 11) is 2.26. The molecule has 0 aromatic heterocycles. The molecule has 1 heterocycles. The Morgan fingerprint density at radius 1 is 0.944 bits per heavy atom. The quantitative estimate of drug-likeness (QED) is 0.776. The molecule has 1 saturated carbocycles. The van der Waals surface area contributed by atoms with E-state index in [0.29, 0.717) is 0 Å². The predicted molar refractivity (Wildman–Crippen MR) is 78.0 cm³/mol. The van der Waals surface area contributed by atoms with Gasteiger partial charge >= 0.3 is 0 Å². The molecule has 1 aliphatic heterocycles. The average molecular weight is 253 g/mol. The Hall–Kier alpha value is -0.120. The van der Waals surface area contributed by atoms with Gasteiger partial charge in [-0.25, -0.2) is 0 Å². The lowest BCUT2D eigenvalue weighted by molar-refractivity contribution is 0.154. The third kappa shape index (κ3) is 3.94. The van der Waals surface area contributed by atoms with Crippen LogP contribution in [0.5, 0.6) is 0 Å². The van der Waals surface area contributed by atoms with Crippen LogP contribution in [0, 0.1) is 0 Å². The van der Waals surface area contributed by atoms with Crippen LogP contribution in [0.2, 0.25) is 0 Å². The molecule has 2 rings (SSSR count). The van der Waals surface area contributed by atoms with Crippen LogP contribution in [0.1, 0.15) is 45.4 Å². The molecular weight excluding hydrogens is 222 g/mol. The van der Waals surface area contributed by atoms with Gasteiger partial charge in [0.2, 0.25) is 0 Å². The number of nitrogens with one attached hydrogen (secondary N) is 1. The van der Waals surface area contributed by atoms with E-state index in [1.807, 2.05) is 0 Å². The summed E-state index contributed by atoms with van der Waals surface area (Å²) in [5, 5.41) is 3.75. The molecule has 18 heavy (non-hydrogen) atoms. The van der Waals surface area contributed by atoms with Crippen LogP contribution in [0.25, 0.3) is 0 Å². The lowest BCUT2D eigenvalue weighted by atomic mass is 10.0. The fourth-order valence-electron chi connectivity index (χ4n) is 3.62. The van der Waals surface area contributed by atoms with Crippen molar-refractivity contribution in [1.29, 1.82) is 0 Å². The first-order valence-electron chi connectivity index (χ1n) is 7.97.